The molecule has 0 amide bonds. The molecule has 0 aromatic carbocycles. The van der Waals surface area contributed by atoms with Crippen molar-refractivity contribution in [2.24, 2.45) is 0 Å². The van der Waals surface area contributed by atoms with E-state index in [0.29, 0.717) is 0 Å². The van der Waals surface area contributed by atoms with Crippen molar-refractivity contribution in [2.75, 3.05) is 0 Å². The molecule has 0 aliphatic heterocycles. The van der Waals surface area contributed by atoms with Gasteiger partial charge in [-0.15, -0.1) is 0 Å². The summed E-state index contributed by atoms with van der Waals surface area (Å²) in [6.45, 7) is 2.81. The number of hydrogen-bond acceptors (Lipinski definition) is 2. The van der Waals surface area contributed by atoms with Crippen LogP contribution in [0.5, 0.6) is 0 Å². The summed E-state index contributed by atoms with van der Waals surface area (Å²) in [4.78, 5) is 20.1. The maximum atomic E-state index is 10.0. The maximum Gasteiger partial charge on any atom is 2.00 e. The van der Waals surface area contributed by atoms with Crippen molar-refractivity contribution in [3.8, 4) is 0 Å². The zero-order valence-corrected chi connectivity index (χ0v) is 8.44. The summed E-state index contributed by atoms with van der Waals surface area (Å²) in [5.41, 5.74) is 0. The average molecular weight is 178 g/mol. The molecule has 0 aromatic rings. The Kier molecular flexibility index (Phi) is 27.4. The predicted molar refractivity (Wildman–Crippen MR) is 41.2 cm³/mol. The molecule has 0 aliphatic rings. The molecule has 0 unspecified atom stereocenters. The first-order chi connectivity index (χ1) is 3.13. The third kappa shape index (κ3) is 23.6. The number of carbonyl (C=O) groups excluding carboxylic acids is 2. The summed E-state index contributed by atoms with van der Waals surface area (Å²) in [6, 6.07) is 0. The zero-order chi connectivity index (χ0) is 5.86. The van der Waals surface area contributed by atoms with E-state index in [1.807, 2.05) is 0 Å². The second kappa shape index (κ2) is 12.2. The molecule has 0 saturated heterocycles. The van der Waals surface area contributed by atoms with Gasteiger partial charge in [0.25, 0.3) is 0 Å². The molecule has 4 nitrogen and oxygen atoms in total. The van der Waals surface area contributed by atoms with Gasteiger partial charge in [-0.2, -0.15) is 0 Å². The van der Waals surface area contributed by atoms with Gasteiger partial charge < -0.3 is 13.8 Å². The van der Waals surface area contributed by atoms with E-state index in [1.54, 1.807) is 0 Å². The number of rotatable bonds is 2. The Hall–Kier alpha value is 0.520. The van der Waals surface area contributed by atoms with Crippen molar-refractivity contribution in [1.82, 2.24) is 0 Å². The average Bonchev–Trinajstić information content (AvgIpc) is 1.27. The van der Waals surface area contributed by atoms with E-state index in [9.17, 15) is 9.59 Å². The molecule has 0 atom stereocenters. The second-order valence-electron chi connectivity index (χ2n) is 1.58. The number of carbonyl (C=O) groups is 2. The van der Waals surface area contributed by atoms with Crippen LogP contribution < -0.4 is 0 Å². The molecule has 0 bridgehead atoms. The van der Waals surface area contributed by atoms with Gasteiger partial charge in [-0.05, 0) is 13.8 Å². The van der Waals surface area contributed by atoms with Gasteiger partial charge in [-0.25, -0.2) is 0 Å². The fourth-order valence-electron chi connectivity index (χ4n) is 0.351. The fourth-order valence-corrected chi connectivity index (χ4v) is 0.351. The van der Waals surface area contributed by atoms with Crippen LogP contribution >= 0.6 is 0 Å². The van der Waals surface area contributed by atoms with Crippen LogP contribution in [0, 0.1) is 0 Å². The van der Waals surface area contributed by atoms with E-state index < -0.39 is 0 Å². The van der Waals surface area contributed by atoms with Gasteiger partial charge in [-0.1, -0.05) is 0 Å². The van der Waals surface area contributed by atoms with Crippen LogP contribution in [0.4, 0.5) is 0 Å². The molecule has 60 valence electrons. The van der Waals surface area contributed by atoms with Crippen LogP contribution in [-0.4, -0.2) is 60.3 Å². The summed E-state index contributed by atoms with van der Waals surface area (Å²) < 4.78 is 0. The first-order valence-electron chi connectivity index (χ1n) is 2.12. The first-order valence-corrected chi connectivity index (χ1v) is 2.12. The summed E-state index contributed by atoms with van der Waals surface area (Å²) in [7, 11) is 0. The van der Waals surface area contributed by atoms with Crippen molar-refractivity contribution in [1.29, 1.82) is 0 Å². The molecule has 4 N–H and O–H groups in total. The molecule has 0 spiro atoms. The Balaban J connectivity index is -0.0000000180. The minimum absolute atomic E-state index is 0. The van der Waals surface area contributed by atoms with Crippen LogP contribution in [0.25, 0.3) is 0 Å². The van der Waals surface area contributed by atoms with Crippen molar-refractivity contribution in [2.45, 2.75) is 20.3 Å². The van der Waals surface area contributed by atoms with Crippen LogP contribution in [0.3, 0.4) is 0 Å². The zero-order valence-electron chi connectivity index (χ0n) is 8.23. The van der Waals surface area contributed by atoms with Gasteiger partial charge in [0.15, 0.2) is 0 Å². The van der Waals surface area contributed by atoms with Gasteiger partial charge >= 0.3 is 37.7 Å². The minimum Gasteiger partial charge on any atom is -1.00 e. The summed E-state index contributed by atoms with van der Waals surface area (Å²) >= 11 is 0. The molecule has 0 rings (SSSR count). The number of Topliss-reactive ketones (excluding diaryl/α,β-unsaturated/α-hetero) is 2. The molecule has 0 aliphatic carbocycles. The monoisotopic (exact) mass is 178 g/mol. The molecule has 0 heterocycles. The van der Waals surface area contributed by atoms with E-state index >= 15 is 0 Å². The van der Waals surface area contributed by atoms with E-state index in [2.05, 4.69) is 0 Å². The third-order valence-electron chi connectivity index (χ3n) is 0.498. The van der Waals surface area contributed by atoms with Crippen molar-refractivity contribution in [3.63, 3.8) is 0 Å². The Morgan fingerprint density at radius 1 is 1.10 bits per heavy atom. The van der Waals surface area contributed by atoms with Crippen LogP contribution in [0.2, 0.25) is 0 Å². The Labute approximate surface area is 92.6 Å². The second-order valence-corrected chi connectivity index (χ2v) is 1.58. The van der Waals surface area contributed by atoms with Gasteiger partial charge in [0.1, 0.15) is 11.6 Å². The SMILES string of the molecule is CC(=O)CC(C)=O.O.O.[Ca+2].[H-].[H-]. The quantitative estimate of drug-likeness (QED) is 0.390. The molecule has 0 radical (unpaired) electrons. The largest absolute Gasteiger partial charge is 2.00 e. The van der Waals surface area contributed by atoms with Crippen LogP contribution in [0.15, 0.2) is 0 Å². The Morgan fingerprint density at radius 3 is 1.30 bits per heavy atom. The van der Waals surface area contributed by atoms with Crippen molar-refractivity contribution >= 4 is 49.3 Å². The molecule has 10 heavy (non-hydrogen) atoms. The van der Waals surface area contributed by atoms with E-state index in [4.69, 9.17) is 0 Å². The van der Waals surface area contributed by atoms with E-state index in [1.165, 1.54) is 13.8 Å². The molecule has 0 fully saturated rings. The Bertz CT molecular complexity index is 97.6. The summed E-state index contributed by atoms with van der Waals surface area (Å²) in [6.07, 6.45) is 0.0833. The fraction of sp³-hybridized carbons (Fsp3) is 0.600. The van der Waals surface area contributed by atoms with Gasteiger partial charge in [0.05, 0.1) is 6.42 Å². The molecule has 0 saturated carbocycles. The maximum absolute atomic E-state index is 10.0. The minimum atomic E-state index is -0.0625. The topological polar surface area (TPSA) is 97.1 Å². The third-order valence-corrected chi connectivity index (χ3v) is 0.498. The molecular weight excluding hydrogens is 164 g/mol. The van der Waals surface area contributed by atoms with Gasteiger partial charge in [-0.3, -0.25) is 9.59 Å². The summed E-state index contributed by atoms with van der Waals surface area (Å²) in [5, 5.41) is 0. The van der Waals surface area contributed by atoms with E-state index in [-0.39, 0.29) is 69.5 Å². The van der Waals surface area contributed by atoms with Crippen molar-refractivity contribution in [3.05, 3.63) is 0 Å². The van der Waals surface area contributed by atoms with Gasteiger partial charge in [0, 0.05) is 0 Å². The molecule has 5 heteroatoms. The molecule has 0 aromatic heterocycles. The first kappa shape index (κ1) is 22.4. The standard InChI is InChI=1S/C5H8O2.Ca.2H2O.2H/c1-4(6)3-5(2)7;;;;;/h3H2,1-2H3;;2*1H2;;/q;+2;;;2*-1. The molecular formula is C5H14CaO4. The van der Waals surface area contributed by atoms with Gasteiger partial charge in [0.2, 0.25) is 0 Å². The number of ketones is 2. The Morgan fingerprint density at radius 2 is 1.30 bits per heavy atom. The van der Waals surface area contributed by atoms with Crippen LogP contribution in [0.1, 0.15) is 23.1 Å². The van der Waals surface area contributed by atoms with E-state index in [0.717, 1.165) is 0 Å². The predicted octanol–water partition coefficient (Wildman–Crippen LogP) is -1.25. The van der Waals surface area contributed by atoms with Crippen LogP contribution in [-0.2, 0) is 9.59 Å². The smallest absolute Gasteiger partial charge is 1.00 e. The van der Waals surface area contributed by atoms with Crippen molar-refractivity contribution < 1.29 is 23.4 Å². The normalized spacial score (nSPS) is 5.80. The summed E-state index contributed by atoms with van der Waals surface area (Å²) in [5.74, 6) is -0.125. The number of hydrogen-bond donors (Lipinski definition) is 0.